The molecule has 0 aliphatic carbocycles. The molecule has 238 valence electrons. The van der Waals surface area contributed by atoms with Crippen molar-refractivity contribution in [3.63, 3.8) is 0 Å². The first-order valence-corrected chi connectivity index (χ1v) is 14.8. The molecule has 2 amide bonds. The fraction of sp³-hybridized carbons (Fsp3) is 0.371. The Hall–Kier alpha value is -4.54. The first-order valence-electron chi connectivity index (χ1n) is 14.8. The molecule has 2 N–H and O–H groups in total. The standard InChI is InChI=1S/C35H40N2O8/c1-22-26(17-12-18-28(22)45-23(2)38)32(40)36-27(19-24-13-8-6-9-14-24)30(39)33(41)37-20-29(43-5)35(3,4)31(37)34(42)44-21-25-15-10-7-11-16-25/h6-18,27,29-31,39H,19-21H2,1-5H3,(H,36,40)/t27-,29+,30-,31+/m0/s1. The number of hydrogen-bond acceptors (Lipinski definition) is 8. The molecule has 10 heteroatoms. The van der Waals surface area contributed by atoms with Gasteiger partial charge in [0.15, 0.2) is 6.10 Å². The number of benzene rings is 3. The Morgan fingerprint density at radius 3 is 2.18 bits per heavy atom. The Morgan fingerprint density at radius 1 is 0.956 bits per heavy atom. The Morgan fingerprint density at radius 2 is 1.58 bits per heavy atom. The van der Waals surface area contributed by atoms with Crippen molar-refractivity contribution < 1.29 is 38.5 Å². The lowest BCUT2D eigenvalue weighted by molar-refractivity contribution is -0.161. The Kier molecular flexibility index (Phi) is 10.7. The SMILES string of the molecule is CO[C@@H]1CN(C(=O)[C@@H](O)[C@H](Cc2ccccc2)NC(=O)c2cccc(OC(C)=O)c2C)[C@H](C(=O)OCc2ccccc2)C1(C)C. The number of nitrogens with one attached hydrogen (secondary N) is 1. The Bertz CT molecular complexity index is 1510. The van der Waals surface area contributed by atoms with E-state index in [0.717, 1.165) is 11.1 Å². The molecule has 0 spiro atoms. The van der Waals surface area contributed by atoms with Crippen LogP contribution in [0.2, 0.25) is 0 Å². The molecular weight excluding hydrogens is 576 g/mol. The summed E-state index contributed by atoms with van der Waals surface area (Å²) in [4.78, 5) is 54.0. The van der Waals surface area contributed by atoms with Crippen LogP contribution in [0.25, 0.3) is 0 Å². The molecule has 10 nitrogen and oxygen atoms in total. The van der Waals surface area contributed by atoms with Gasteiger partial charge in [0.25, 0.3) is 11.8 Å². The summed E-state index contributed by atoms with van der Waals surface area (Å²) in [6.07, 6.45) is -2.12. The molecule has 0 radical (unpaired) electrons. The largest absolute Gasteiger partial charge is 0.459 e. The topological polar surface area (TPSA) is 131 Å². The first kappa shape index (κ1) is 33.4. The monoisotopic (exact) mass is 616 g/mol. The van der Waals surface area contributed by atoms with E-state index in [1.165, 1.54) is 18.9 Å². The number of methoxy groups -OCH3 is 1. The van der Waals surface area contributed by atoms with E-state index >= 15 is 0 Å². The van der Waals surface area contributed by atoms with Gasteiger partial charge in [-0.05, 0) is 36.6 Å². The molecule has 3 aromatic carbocycles. The predicted molar refractivity (Wildman–Crippen MR) is 166 cm³/mol. The number of carbonyl (C=O) groups is 4. The number of amides is 2. The summed E-state index contributed by atoms with van der Waals surface area (Å²) in [5.41, 5.74) is 1.37. The minimum Gasteiger partial charge on any atom is -0.459 e. The van der Waals surface area contributed by atoms with E-state index in [9.17, 15) is 24.3 Å². The number of carbonyl (C=O) groups excluding carboxylic acids is 4. The lowest BCUT2D eigenvalue weighted by Gasteiger charge is -2.34. The molecule has 0 saturated carbocycles. The average molecular weight is 617 g/mol. The second-order valence-corrected chi connectivity index (χ2v) is 11.8. The lowest BCUT2D eigenvalue weighted by atomic mass is 9.82. The van der Waals surface area contributed by atoms with Crippen LogP contribution in [-0.4, -0.2) is 71.7 Å². The van der Waals surface area contributed by atoms with E-state index in [-0.39, 0.29) is 30.9 Å². The third-order valence-corrected chi connectivity index (χ3v) is 8.26. The van der Waals surface area contributed by atoms with E-state index in [0.29, 0.717) is 5.56 Å². The number of aliphatic hydroxyl groups excluding tert-OH is 1. The van der Waals surface area contributed by atoms with Gasteiger partial charge in [0, 0.05) is 37.1 Å². The average Bonchev–Trinajstić information content (AvgIpc) is 3.30. The summed E-state index contributed by atoms with van der Waals surface area (Å²) in [6.45, 7) is 6.61. The summed E-state index contributed by atoms with van der Waals surface area (Å²) in [5.74, 6) is -2.22. The van der Waals surface area contributed by atoms with Crippen LogP contribution in [0, 0.1) is 12.3 Å². The van der Waals surface area contributed by atoms with Crippen molar-refractivity contribution in [1.29, 1.82) is 0 Å². The number of ether oxygens (including phenoxy) is 3. The summed E-state index contributed by atoms with van der Waals surface area (Å²) < 4.78 is 16.6. The minimum absolute atomic E-state index is 0.0208. The fourth-order valence-electron chi connectivity index (χ4n) is 5.75. The van der Waals surface area contributed by atoms with Crippen LogP contribution in [0.3, 0.4) is 0 Å². The van der Waals surface area contributed by atoms with Crippen molar-refractivity contribution in [3.05, 3.63) is 101 Å². The highest BCUT2D eigenvalue weighted by Crippen LogP contribution is 2.39. The van der Waals surface area contributed by atoms with Gasteiger partial charge in [-0.25, -0.2) is 4.79 Å². The molecule has 0 unspecified atom stereocenters. The van der Waals surface area contributed by atoms with Gasteiger partial charge in [-0.15, -0.1) is 0 Å². The predicted octanol–water partition coefficient (Wildman–Crippen LogP) is 3.62. The summed E-state index contributed by atoms with van der Waals surface area (Å²) in [7, 11) is 1.51. The maximum absolute atomic E-state index is 14.1. The molecule has 1 saturated heterocycles. The van der Waals surface area contributed by atoms with Gasteiger partial charge in [-0.2, -0.15) is 0 Å². The van der Waals surface area contributed by atoms with Crippen molar-refractivity contribution in [2.45, 2.75) is 65.0 Å². The van der Waals surface area contributed by atoms with E-state index in [4.69, 9.17) is 14.2 Å². The highest BCUT2D eigenvalue weighted by atomic mass is 16.5. The van der Waals surface area contributed by atoms with Crippen LogP contribution in [0.1, 0.15) is 47.8 Å². The van der Waals surface area contributed by atoms with Gasteiger partial charge in [-0.3, -0.25) is 14.4 Å². The molecule has 1 fully saturated rings. The van der Waals surface area contributed by atoms with Gasteiger partial charge >= 0.3 is 11.9 Å². The van der Waals surface area contributed by atoms with E-state index in [2.05, 4.69) is 5.32 Å². The van der Waals surface area contributed by atoms with Gasteiger partial charge in [-0.1, -0.05) is 80.6 Å². The van der Waals surface area contributed by atoms with Gasteiger partial charge in [0.1, 0.15) is 18.4 Å². The highest BCUT2D eigenvalue weighted by molar-refractivity contribution is 5.97. The van der Waals surface area contributed by atoms with E-state index < -0.39 is 53.5 Å². The van der Waals surface area contributed by atoms with E-state index in [1.54, 1.807) is 25.1 Å². The Balaban J connectivity index is 1.61. The Labute approximate surface area is 263 Å². The summed E-state index contributed by atoms with van der Waals surface area (Å²) >= 11 is 0. The second-order valence-electron chi connectivity index (χ2n) is 11.8. The van der Waals surface area contributed by atoms with Crippen LogP contribution in [0.4, 0.5) is 0 Å². The smallest absolute Gasteiger partial charge is 0.329 e. The summed E-state index contributed by atoms with van der Waals surface area (Å²) in [6, 6.07) is 20.9. The van der Waals surface area contributed by atoms with Gasteiger partial charge in [0.05, 0.1) is 12.1 Å². The molecular formula is C35H40N2O8. The third-order valence-electron chi connectivity index (χ3n) is 8.26. The molecule has 0 bridgehead atoms. The van der Waals surface area contributed by atoms with Crippen molar-refractivity contribution >= 4 is 23.8 Å². The maximum atomic E-state index is 14.1. The number of aliphatic hydroxyl groups is 1. The maximum Gasteiger partial charge on any atom is 0.329 e. The van der Waals surface area contributed by atoms with Crippen LogP contribution in [0.15, 0.2) is 78.9 Å². The number of likely N-dealkylation sites (tertiary alicyclic amines) is 1. The quantitative estimate of drug-likeness (QED) is 0.247. The second kappa shape index (κ2) is 14.5. The van der Waals surface area contributed by atoms with Gasteiger partial charge < -0.3 is 29.5 Å². The lowest BCUT2D eigenvalue weighted by Crippen LogP contribution is -2.56. The fourth-order valence-corrected chi connectivity index (χ4v) is 5.75. The molecule has 3 aromatic rings. The van der Waals surface area contributed by atoms with Crippen LogP contribution < -0.4 is 10.1 Å². The zero-order valence-electron chi connectivity index (χ0n) is 26.2. The zero-order valence-corrected chi connectivity index (χ0v) is 26.2. The molecule has 1 aliphatic rings. The van der Waals surface area contributed by atoms with Crippen molar-refractivity contribution in [2.24, 2.45) is 5.41 Å². The normalized spacial score (nSPS) is 18.5. The molecule has 1 aliphatic heterocycles. The van der Waals surface area contributed by atoms with Gasteiger partial charge in [0.2, 0.25) is 0 Å². The minimum atomic E-state index is -1.72. The molecule has 45 heavy (non-hydrogen) atoms. The van der Waals surface area contributed by atoms with Crippen molar-refractivity contribution in [2.75, 3.05) is 13.7 Å². The molecule has 4 rings (SSSR count). The molecule has 0 aromatic heterocycles. The van der Waals surface area contributed by atoms with Crippen molar-refractivity contribution in [1.82, 2.24) is 10.2 Å². The van der Waals surface area contributed by atoms with Crippen LogP contribution in [-0.2, 0) is 36.9 Å². The highest BCUT2D eigenvalue weighted by Gasteiger charge is 2.55. The van der Waals surface area contributed by atoms with E-state index in [1.807, 2.05) is 74.5 Å². The number of nitrogens with zero attached hydrogens (tertiary/aromatic N) is 1. The van der Waals surface area contributed by atoms with Crippen LogP contribution in [0.5, 0.6) is 5.75 Å². The number of hydrogen-bond donors (Lipinski definition) is 2. The zero-order chi connectivity index (χ0) is 32.7. The summed E-state index contributed by atoms with van der Waals surface area (Å²) in [5, 5.41) is 14.4. The molecule has 4 atom stereocenters. The third kappa shape index (κ3) is 7.76. The van der Waals surface area contributed by atoms with Crippen LogP contribution >= 0.6 is 0 Å². The number of rotatable bonds is 11. The molecule has 1 heterocycles. The number of esters is 2. The first-order chi connectivity index (χ1) is 21.4. The van der Waals surface area contributed by atoms with Crippen molar-refractivity contribution in [3.8, 4) is 5.75 Å².